The van der Waals surface area contributed by atoms with E-state index < -0.39 is 0 Å². The summed E-state index contributed by atoms with van der Waals surface area (Å²) in [5.74, 6) is 0. The molecule has 3 nitrogen and oxygen atoms in total. The van der Waals surface area contributed by atoms with Gasteiger partial charge in [0.15, 0.2) is 0 Å². The molecule has 1 aliphatic rings. The van der Waals surface area contributed by atoms with Crippen LogP contribution in [0, 0.1) is 0 Å². The summed E-state index contributed by atoms with van der Waals surface area (Å²) in [6.45, 7) is 2.73. The van der Waals surface area contributed by atoms with Gasteiger partial charge in [0.05, 0.1) is 12.7 Å². The highest BCUT2D eigenvalue weighted by atomic mass is 16.5. The summed E-state index contributed by atoms with van der Waals surface area (Å²) in [6.07, 6.45) is 0.250. The van der Waals surface area contributed by atoms with E-state index in [0.717, 1.165) is 19.7 Å². The number of rotatable bonds is 1. The molecule has 3 heteroatoms. The van der Waals surface area contributed by atoms with Crippen LogP contribution in [0.2, 0.25) is 0 Å². The van der Waals surface area contributed by atoms with Gasteiger partial charge < -0.3 is 16.2 Å². The molecule has 2 rings (SSSR count). The second kappa shape index (κ2) is 4.97. The molecule has 1 fully saturated rings. The zero-order valence-corrected chi connectivity index (χ0v) is 7.70. The van der Waals surface area contributed by atoms with E-state index in [1.165, 1.54) is 5.56 Å². The van der Waals surface area contributed by atoms with Crippen molar-refractivity contribution in [2.24, 2.45) is 0 Å². The van der Waals surface area contributed by atoms with Crippen LogP contribution in [-0.4, -0.2) is 19.7 Å². The van der Waals surface area contributed by atoms with E-state index in [1.807, 2.05) is 18.2 Å². The predicted molar refractivity (Wildman–Crippen MR) is 53.0 cm³/mol. The highest BCUT2D eigenvalue weighted by Crippen LogP contribution is 2.17. The molecule has 0 radical (unpaired) electrons. The van der Waals surface area contributed by atoms with Gasteiger partial charge in [0.2, 0.25) is 0 Å². The van der Waals surface area contributed by atoms with E-state index in [-0.39, 0.29) is 12.3 Å². The lowest BCUT2D eigenvalue weighted by atomic mass is 10.1. The molecule has 1 atom stereocenters. The normalized spacial score (nSPS) is 22.0. The van der Waals surface area contributed by atoms with Crippen LogP contribution >= 0.6 is 0 Å². The molecule has 0 amide bonds. The monoisotopic (exact) mass is 180 g/mol. The largest absolute Gasteiger partial charge is 0.371 e. The second-order valence-electron chi connectivity index (χ2n) is 2.97. The average molecular weight is 180 g/mol. The maximum Gasteiger partial charge on any atom is 0.0949 e. The fourth-order valence-corrected chi connectivity index (χ4v) is 1.45. The highest BCUT2D eigenvalue weighted by Gasteiger charge is 2.14. The van der Waals surface area contributed by atoms with E-state index in [4.69, 9.17) is 4.74 Å². The molecule has 1 saturated heterocycles. The Morgan fingerprint density at radius 3 is 2.62 bits per heavy atom. The van der Waals surface area contributed by atoms with Gasteiger partial charge in [-0.25, -0.2) is 0 Å². The van der Waals surface area contributed by atoms with Crippen LogP contribution in [0.5, 0.6) is 0 Å². The first kappa shape index (κ1) is 10.2. The zero-order valence-electron chi connectivity index (χ0n) is 7.70. The fraction of sp³-hybridized carbons (Fsp3) is 0.400. The quantitative estimate of drug-likeness (QED) is 0.688. The van der Waals surface area contributed by atoms with E-state index in [9.17, 15) is 0 Å². The maximum atomic E-state index is 5.60. The van der Waals surface area contributed by atoms with E-state index in [0.29, 0.717) is 0 Å². The topological polar surface area (TPSA) is 56.3 Å². The van der Waals surface area contributed by atoms with Crippen LogP contribution in [-0.2, 0) is 4.74 Å². The molecular weight excluding hydrogens is 164 g/mol. The molecule has 0 aliphatic carbocycles. The first-order valence-electron chi connectivity index (χ1n) is 4.34. The van der Waals surface area contributed by atoms with Crippen molar-refractivity contribution in [3.8, 4) is 0 Å². The van der Waals surface area contributed by atoms with Crippen LogP contribution in [0.1, 0.15) is 11.7 Å². The van der Waals surface area contributed by atoms with Gasteiger partial charge in [-0.15, -0.1) is 0 Å². The summed E-state index contributed by atoms with van der Waals surface area (Å²) in [6, 6.07) is 10.3. The van der Waals surface area contributed by atoms with Crippen molar-refractivity contribution in [1.82, 2.24) is 11.5 Å². The average Bonchev–Trinajstić information content (AvgIpc) is 2.21. The Bertz CT molecular complexity index is 232. The molecule has 1 heterocycles. The van der Waals surface area contributed by atoms with E-state index in [2.05, 4.69) is 17.4 Å². The first-order valence-corrected chi connectivity index (χ1v) is 4.34. The van der Waals surface area contributed by atoms with Crippen molar-refractivity contribution >= 4 is 0 Å². The van der Waals surface area contributed by atoms with Crippen molar-refractivity contribution in [2.75, 3.05) is 19.7 Å². The van der Waals surface area contributed by atoms with Crippen LogP contribution < -0.4 is 11.5 Å². The molecule has 0 saturated carbocycles. The van der Waals surface area contributed by atoms with Gasteiger partial charge in [0, 0.05) is 13.1 Å². The molecule has 0 spiro atoms. The Balaban J connectivity index is 0.000000845. The van der Waals surface area contributed by atoms with Gasteiger partial charge in [-0.1, -0.05) is 30.3 Å². The number of ether oxygens (including phenoxy) is 1. The van der Waals surface area contributed by atoms with Gasteiger partial charge in [0.25, 0.3) is 0 Å². The molecule has 1 aromatic carbocycles. The maximum absolute atomic E-state index is 5.60. The molecular formula is C10H16N2O. The van der Waals surface area contributed by atoms with Crippen molar-refractivity contribution in [2.45, 2.75) is 6.10 Å². The Morgan fingerprint density at radius 2 is 2.00 bits per heavy atom. The molecule has 13 heavy (non-hydrogen) atoms. The molecule has 1 aliphatic heterocycles. The van der Waals surface area contributed by atoms with Crippen LogP contribution in [0.4, 0.5) is 0 Å². The fourth-order valence-electron chi connectivity index (χ4n) is 1.45. The first-order chi connectivity index (χ1) is 5.97. The van der Waals surface area contributed by atoms with Gasteiger partial charge >= 0.3 is 0 Å². The SMILES string of the molecule is N.c1ccc(C2CNCCO2)cc1. The Hall–Kier alpha value is -0.900. The number of hydrogen-bond donors (Lipinski definition) is 2. The van der Waals surface area contributed by atoms with Crippen molar-refractivity contribution in [1.29, 1.82) is 0 Å². The number of morpholine rings is 1. The molecule has 72 valence electrons. The zero-order chi connectivity index (χ0) is 8.23. The summed E-state index contributed by atoms with van der Waals surface area (Å²) in [4.78, 5) is 0. The Labute approximate surface area is 78.7 Å². The van der Waals surface area contributed by atoms with Gasteiger partial charge in [0.1, 0.15) is 0 Å². The lowest BCUT2D eigenvalue weighted by Gasteiger charge is -2.23. The third kappa shape index (κ3) is 2.52. The molecule has 1 aromatic rings. The minimum absolute atomic E-state index is 0. The minimum Gasteiger partial charge on any atom is -0.371 e. The lowest BCUT2D eigenvalue weighted by Crippen LogP contribution is -2.33. The number of nitrogens with one attached hydrogen (secondary N) is 1. The number of benzene rings is 1. The van der Waals surface area contributed by atoms with Gasteiger partial charge in [-0.05, 0) is 5.56 Å². The highest BCUT2D eigenvalue weighted by molar-refractivity contribution is 5.18. The third-order valence-corrected chi connectivity index (χ3v) is 2.10. The summed E-state index contributed by atoms with van der Waals surface area (Å²) < 4.78 is 5.60. The van der Waals surface area contributed by atoms with Crippen molar-refractivity contribution in [3.63, 3.8) is 0 Å². The lowest BCUT2D eigenvalue weighted by molar-refractivity contribution is 0.0277. The molecule has 4 N–H and O–H groups in total. The van der Waals surface area contributed by atoms with Gasteiger partial charge in [-0.2, -0.15) is 0 Å². The van der Waals surface area contributed by atoms with Crippen LogP contribution in [0.3, 0.4) is 0 Å². The standard InChI is InChI=1S/C10H13NO.H3N/c1-2-4-9(5-3-1)10-8-11-6-7-12-10;/h1-5,10-11H,6-8H2;1H3. The van der Waals surface area contributed by atoms with E-state index >= 15 is 0 Å². The van der Waals surface area contributed by atoms with Crippen molar-refractivity contribution < 1.29 is 4.74 Å². The van der Waals surface area contributed by atoms with Crippen LogP contribution in [0.25, 0.3) is 0 Å². The summed E-state index contributed by atoms with van der Waals surface area (Å²) >= 11 is 0. The van der Waals surface area contributed by atoms with Crippen molar-refractivity contribution in [3.05, 3.63) is 35.9 Å². The van der Waals surface area contributed by atoms with Crippen LogP contribution in [0.15, 0.2) is 30.3 Å². The Kier molecular flexibility index (Phi) is 3.89. The second-order valence-corrected chi connectivity index (χ2v) is 2.97. The Morgan fingerprint density at radius 1 is 1.23 bits per heavy atom. The molecule has 0 aromatic heterocycles. The third-order valence-electron chi connectivity index (χ3n) is 2.10. The summed E-state index contributed by atoms with van der Waals surface area (Å²) in [5, 5.41) is 3.31. The molecule has 0 bridgehead atoms. The summed E-state index contributed by atoms with van der Waals surface area (Å²) in [5.41, 5.74) is 1.27. The smallest absolute Gasteiger partial charge is 0.0949 e. The van der Waals surface area contributed by atoms with Gasteiger partial charge in [-0.3, -0.25) is 0 Å². The van der Waals surface area contributed by atoms with E-state index in [1.54, 1.807) is 0 Å². The predicted octanol–water partition coefficient (Wildman–Crippen LogP) is 1.51. The minimum atomic E-state index is 0. The summed E-state index contributed by atoms with van der Waals surface area (Å²) in [7, 11) is 0. The molecule has 1 unspecified atom stereocenters. The number of hydrogen-bond acceptors (Lipinski definition) is 3.